The fourth-order valence-corrected chi connectivity index (χ4v) is 2.20. The van der Waals surface area contributed by atoms with Crippen molar-refractivity contribution >= 4 is 0 Å². The van der Waals surface area contributed by atoms with Crippen LogP contribution in [0.5, 0.6) is 0 Å². The van der Waals surface area contributed by atoms with Gasteiger partial charge in [0.05, 0.1) is 11.3 Å². The van der Waals surface area contributed by atoms with Crippen molar-refractivity contribution in [3.8, 4) is 11.6 Å². The second-order valence-electron chi connectivity index (χ2n) is 4.27. The van der Waals surface area contributed by atoms with E-state index >= 15 is 0 Å². The first kappa shape index (κ1) is 11.0. The zero-order chi connectivity index (χ0) is 12.5. The third kappa shape index (κ3) is 1.80. The van der Waals surface area contributed by atoms with Crippen molar-refractivity contribution in [1.29, 1.82) is 0 Å². The molecule has 0 radical (unpaired) electrons. The number of hydrogen-bond acceptors (Lipinski definition) is 5. The van der Waals surface area contributed by atoms with E-state index in [2.05, 4.69) is 25.3 Å². The van der Waals surface area contributed by atoms with E-state index < -0.39 is 0 Å². The predicted molar refractivity (Wildman–Crippen MR) is 66.0 cm³/mol. The molecule has 3 rings (SSSR count). The summed E-state index contributed by atoms with van der Waals surface area (Å²) in [6, 6.07) is 1.77. The number of hydrogen-bond donors (Lipinski definition) is 2. The van der Waals surface area contributed by atoms with Gasteiger partial charge in [0, 0.05) is 31.4 Å². The van der Waals surface area contributed by atoms with E-state index in [9.17, 15) is 4.79 Å². The van der Waals surface area contributed by atoms with Gasteiger partial charge < -0.3 is 10.3 Å². The number of aromatic amines is 1. The zero-order valence-corrected chi connectivity index (χ0v) is 9.97. The van der Waals surface area contributed by atoms with Gasteiger partial charge in [-0.15, -0.1) is 0 Å². The number of rotatable bonds is 1. The van der Waals surface area contributed by atoms with Gasteiger partial charge in [0.1, 0.15) is 0 Å². The lowest BCUT2D eigenvalue weighted by Crippen LogP contribution is -2.35. The summed E-state index contributed by atoms with van der Waals surface area (Å²) < 4.78 is 0. The van der Waals surface area contributed by atoms with Crippen molar-refractivity contribution in [2.75, 3.05) is 6.54 Å². The Morgan fingerprint density at radius 3 is 2.89 bits per heavy atom. The third-order valence-electron chi connectivity index (χ3n) is 3.06. The predicted octanol–water partition coefficient (Wildman–Crippen LogP) is 0.434. The summed E-state index contributed by atoms with van der Waals surface area (Å²) in [7, 11) is 0. The topological polar surface area (TPSA) is 83.6 Å². The van der Waals surface area contributed by atoms with Gasteiger partial charge in [0.25, 0.3) is 5.56 Å². The second-order valence-corrected chi connectivity index (χ2v) is 4.27. The lowest BCUT2D eigenvalue weighted by molar-refractivity contribution is 0.525. The van der Waals surface area contributed by atoms with E-state index in [-0.39, 0.29) is 11.6 Å². The number of nitrogens with one attached hydrogen (secondary N) is 2. The Kier molecular flexibility index (Phi) is 2.64. The van der Waals surface area contributed by atoms with Crippen molar-refractivity contribution in [2.45, 2.75) is 19.4 Å². The van der Waals surface area contributed by atoms with Crippen LogP contribution in [0.15, 0.2) is 23.3 Å². The van der Waals surface area contributed by atoms with Crippen LogP contribution in [0, 0.1) is 0 Å². The molecule has 1 unspecified atom stereocenters. The Labute approximate surface area is 104 Å². The third-order valence-corrected chi connectivity index (χ3v) is 3.06. The Morgan fingerprint density at radius 1 is 1.33 bits per heavy atom. The van der Waals surface area contributed by atoms with E-state index in [1.54, 1.807) is 18.5 Å². The van der Waals surface area contributed by atoms with Crippen LogP contribution in [0.2, 0.25) is 0 Å². The van der Waals surface area contributed by atoms with E-state index in [0.29, 0.717) is 11.6 Å². The maximum atomic E-state index is 12.1. The summed E-state index contributed by atoms with van der Waals surface area (Å²) in [6.45, 7) is 2.80. The van der Waals surface area contributed by atoms with Gasteiger partial charge in [-0.1, -0.05) is 0 Å². The van der Waals surface area contributed by atoms with E-state index in [0.717, 1.165) is 24.2 Å². The highest BCUT2D eigenvalue weighted by molar-refractivity contribution is 5.43. The van der Waals surface area contributed by atoms with Crippen molar-refractivity contribution < 1.29 is 0 Å². The summed E-state index contributed by atoms with van der Waals surface area (Å²) >= 11 is 0. The van der Waals surface area contributed by atoms with Crippen LogP contribution >= 0.6 is 0 Å². The first-order chi connectivity index (χ1) is 8.75. The Bertz CT molecular complexity index is 622. The number of nitrogens with zero attached hydrogens (tertiary/aromatic N) is 3. The number of H-pyrrole nitrogens is 1. The van der Waals surface area contributed by atoms with Crippen molar-refractivity contribution in [1.82, 2.24) is 25.3 Å². The minimum atomic E-state index is -0.109. The van der Waals surface area contributed by atoms with E-state index in [1.807, 2.05) is 6.92 Å². The molecule has 18 heavy (non-hydrogen) atoms. The van der Waals surface area contributed by atoms with Gasteiger partial charge in [-0.2, -0.15) is 0 Å². The average molecular weight is 243 g/mol. The largest absolute Gasteiger partial charge is 0.310 e. The lowest BCUT2D eigenvalue weighted by atomic mass is 10.0. The standard InChI is InChI=1S/C12H13N5O/c1-7-9-8(3-6-13-7)16-11(17-12(9)18)10-14-4-2-5-15-10/h2,4-5,7,13H,3,6H2,1H3,(H,16,17,18). The van der Waals surface area contributed by atoms with Crippen molar-refractivity contribution in [3.05, 3.63) is 40.1 Å². The van der Waals surface area contributed by atoms with Gasteiger partial charge in [-0.3, -0.25) is 4.79 Å². The second kappa shape index (κ2) is 4.30. The van der Waals surface area contributed by atoms with Gasteiger partial charge in [0.15, 0.2) is 11.6 Å². The molecule has 1 aliphatic heterocycles. The normalized spacial score (nSPS) is 18.4. The fourth-order valence-electron chi connectivity index (χ4n) is 2.20. The molecule has 2 aromatic heterocycles. The molecule has 2 aromatic rings. The zero-order valence-electron chi connectivity index (χ0n) is 9.97. The minimum Gasteiger partial charge on any atom is -0.310 e. The molecule has 6 nitrogen and oxygen atoms in total. The molecule has 0 aliphatic carbocycles. The lowest BCUT2D eigenvalue weighted by Gasteiger charge is -2.22. The molecular weight excluding hydrogens is 230 g/mol. The van der Waals surface area contributed by atoms with Crippen LogP contribution in [-0.2, 0) is 6.42 Å². The maximum absolute atomic E-state index is 12.1. The molecule has 0 saturated heterocycles. The Morgan fingerprint density at radius 2 is 2.11 bits per heavy atom. The summed E-state index contributed by atoms with van der Waals surface area (Å²) in [5, 5.41) is 3.25. The van der Waals surface area contributed by atoms with E-state index in [1.165, 1.54) is 0 Å². The molecule has 92 valence electrons. The molecule has 2 N–H and O–H groups in total. The highest BCUT2D eigenvalue weighted by Crippen LogP contribution is 2.18. The van der Waals surface area contributed by atoms with Crippen LogP contribution < -0.4 is 10.9 Å². The molecule has 0 fully saturated rings. The summed E-state index contributed by atoms with van der Waals surface area (Å²) in [6.07, 6.45) is 4.02. The van der Waals surface area contributed by atoms with Crippen LogP contribution in [0.1, 0.15) is 24.2 Å². The molecule has 0 spiro atoms. The van der Waals surface area contributed by atoms with Crippen molar-refractivity contribution in [3.63, 3.8) is 0 Å². The highest BCUT2D eigenvalue weighted by Gasteiger charge is 2.21. The quantitative estimate of drug-likeness (QED) is 0.759. The highest BCUT2D eigenvalue weighted by atomic mass is 16.1. The van der Waals surface area contributed by atoms with Crippen molar-refractivity contribution in [2.24, 2.45) is 0 Å². The van der Waals surface area contributed by atoms with Crippen LogP contribution in [0.25, 0.3) is 11.6 Å². The summed E-state index contributed by atoms with van der Waals surface area (Å²) in [5.41, 5.74) is 1.45. The molecule has 0 saturated carbocycles. The van der Waals surface area contributed by atoms with Crippen LogP contribution in [0.3, 0.4) is 0 Å². The Hall–Kier alpha value is -2.08. The van der Waals surface area contributed by atoms with Gasteiger partial charge in [-0.05, 0) is 13.0 Å². The van der Waals surface area contributed by atoms with Crippen LogP contribution in [-0.4, -0.2) is 26.5 Å². The molecule has 0 bridgehead atoms. The molecule has 6 heteroatoms. The number of aromatic nitrogens is 4. The van der Waals surface area contributed by atoms with Gasteiger partial charge in [0.2, 0.25) is 0 Å². The minimum absolute atomic E-state index is 0.0377. The molecule has 1 atom stereocenters. The summed E-state index contributed by atoms with van der Waals surface area (Å²) in [4.78, 5) is 27.5. The fraction of sp³-hybridized carbons (Fsp3) is 0.333. The average Bonchev–Trinajstić information content (AvgIpc) is 2.39. The Balaban J connectivity index is 2.15. The summed E-state index contributed by atoms with van der Waals surface area (Å²) in [5.74, 6) is 0.886. The molecule has 1 aliphatic rings. The molecule has 0 aromatic carbocycles. The molecule has 0 amide bonds. The maximum Gasteiger partial charge on any atom is 0.256 e. The van der Waals surface area contributed by atoms with Crippen LogP contribution in [0.4, 0.5) is 0 Å². The SMILES string of the molecule is CC1NCCc2nc(-c3ncccn3)[nH]c(=O)c21. The van der Waals surface area contributed by atoms with E-state index in [4.69, 9.17) is 0 Å². The smallest absolute Gasteiger partial charge is 0.256 e. The van der Waals surface area contributed by atoms with Gasteiger partial charge >= 0.3 is 0 Å². The number of fused-ring (bicyclic) bond motifs is 1. The molecular formula is C12H13N5O. The first-order valence-electron chi connectivity index (χ1n) is 5.89. The monoisotopic (exact) mass is 243 g/mol. The van der Waals surface area contributed by atoms with Gasteiger partial charge in [-0.25, -0.2) is 15.0 Å². The first-order valence-corrected chi connectivity index (χ1v) is 5.89. The molecule has 3 heterocycles.